The topological polar surface area (TPSA) is 56.2 Å². The summed E-state index contributed by atoms with van der Waals surface area (Å²) in [5.41, 5.74) is 0.468. The van der Waals surface area contributed by atoms with Crippen molar-refractivity contribution < 1.29 is 9.21 Å². The van der Waals surface area contributed by atoms with E-state index >= 15 is 0 Å². The number of carbonyl (C=O) groups is 1. The first-order chi connectivity index (χ1) is 5.69. The predicted molar refractivity (Wildman–Crippen MR) is 48.4 cm³/mol. The molecule has 1 heterocycles. The first kappa shape index (κ1) is 9.64. The highest BCUT2D eigenvalue weighted by Crippen LogP contribution is 2.26. The zero-order valence-corrected chi connectivity index (χ0v) is 8.04. The molecule has 0 aromatic carbocycles. The molecule has 2 N–H and O–H groups in total. The van der Waals surface area contributed by atoms with E-state index in [0.29, 0.717) is 17.1 Å². The van der Waals surface area contributed by atoms with Crippen LogP contribution in [0.4, 0.5) is 0 Å². The Balaban J connectivity index is 3.04. The molecule has 0 aliphatic heterocycles. The Kier molecular flexibility index (Phi) is 3.20. The van der Waals surface area contributed by atoms with Gasteiger partial charge in [0, 0.05) is 12.5 Å². The van der Waals surface area contributed by atoms with E-state index < -0.39 is 0 Å². The molecule has 0 saturated carbocycles. The Bertz CT molecular complexity index is 298. The molecule has 1 rings (SSSR count). The lowest BCUT2D eigenvalue weighted by Gasteiger charge is -1.93. The second-order valence-corrected chi connectivity index (χ2v) is 3.13. The fourth-order valence-electron chi connectivity index (χ4n) is 0.818. The molecule has 66 valence electrons. The summed E-state index contributed by atoms with van der Waals surface area (Å²) in [5, 5.41) is 5.84. The van der Waals surface area contributed by atoms with Crippen molar-refractivity contribution in [3.63, 3.8) is 0 Å². The zero-order chi connectivity index (χ0) is 9.14. The van der Waals surface area contributed by atoms with Crippen molar-refractivity contribution in [2.75, 3.05) is 0 Å². The van der Waals surface area contributed by atoms with E-state index in [9.17, 15) is 4.79 Å². The van der Waals surface area contributed by atoms with Gasteiger partial charge in [0.25, 0.3) is 0 Å². The Morgan fingerprint density at radius 3 is 3.00 bits per heavy atom. The smallest absolute Gasteiger partial charge is 0.195 e. The molecule has 0 atom stereocenters. The number of nitrogens with two attached hydrogens (primary N) is 1. The fraction of sp³-hybridized carbons (Fsp3) is 0.286. The summed E-state index contributed by atoms with van der Waals surface area (Å²) in [5.74, 6) is -0.0152. The minimum Gasteiger partial charge on any atom is -0.436 e. The molecule has 0 aliphatic rings. The van der Waals surface area contributed by atoms with Gasteiger partial charge in [0.15, 0.2) is 16.1 Å². The summed E-state index contributed by atoms with van der Waals surface area (Å²) in [6.07, 6.45) is 0.420. The van der Waals surface area contributed by atoms with Gasteiger partial charge in [0.1, 0.15) is 0 Å². The van der Waals surface area contributed by atoms with Crippen molar-refractivity contribution in [3.05, 3.63) is 16.8 Å². The summed E-state index contributed by atoms with van der Waals surface area (Å²) >= 11 is 6.45. The molecule has 1 aromatic rings. The van der Waals surface area contributed by atoms with Crippen LogP contribution in [0.15, 0.2) is 15.6 Å². The van der Waals surface area contributed by atoms with Crippen LogP contribution >= 0.6 is 23.5 Å². The van der Waals surface area contributed by atoms with Crippen molar-refractivity contribution in [1.29, 1.82) is 0 Å². The van der Waals surface area contributed by atoms with Gasteiger partial charge in [-0.15, -0.1) is 0 Å². The van der Waals surface area contributed by atoms with E-state index in [1.807, 2.05) is 0 Å². The van der Waals surface area contributed by atoms with Crippen molar-refractivity contribution in [1.82, 2.24) is 0 Å². The first-order valence-electron chi connectivity index (χ1n) is 3.38. The Hall–Kier alpha value is -0.450. The second-order valence-electron chi connectivity index (χ2n) is 2.15. The Morgan fingerprint density at radius 2 is 2.50 bits per heavy atom. The molecule has 12 heavy (non-hydrogen) atoms. The number of rotatable bonds is 3. The fourth-order valence-corrected chi connectivity index (χ4v) is 1.49. The van der Waals surface area contributed by atoms with Gasteiger partial charge in [-0.05, 0) is 23.5 Å². The summed E-state index contributed by atoms with van der Waals surface area (Å²) in [6.45, 7) is 1.77. The van der Waals surface area contributed by atoms with Crippen LogP contribution in [0.3, 0.4) is 0 Å². The highest BCUT2D eigenvalue weighted by Gasteiger charge is 2.14. The lowest BCUT2D eigenvalue weighted by atomic mass is 10.2. The van der Waals surface area contributed by atoms with E-state index in [0.717, 1.165) is 11.9 Å². The van der Waals surface area contributed by atoms with Gasteiger partial charge in [-0.2, -0.15) is 0 Å². The van der Waals surface area contributed by atoms with Gasteiger partial charge in [-0.25, -0.2) is 0 Å². The van der Waals surface area contributed by atoms with Gasteiger partial charge in [-0.1, -0.05) is 6.92 Å². The average Bonchev–Trinajstić information content (AvgIpc) is 2.45. The summed E-state index contributed by atoms with van der Waals surface area (Å²) in [4.78, 5) is 11.2. The molecule has 3 nitrogen and oxygen atoms in total. The number of carbonyl (C=O) groups excluding carboxylic acids is 1. The summed E-state index contributed by atoms with van der Waals surface area (Å²) in [7, 11) is 0. The molecule has 0 spiro atoms. The maximum Gasteiger partial charge on any atom is 0.195 e. The normalized spacial score (nSPS) is 10.2. The molecule has 0 saturated heterocycles. The molecule has 0 fully saturated rings. The molecule has 0 amide bonds. The third kappa shape index (κ3) is 1.83. The van der Waals surface area contributed by atoms with Crippen LogP contribution in [0.2, 0.25) is 5.22 Å². The monoisotopic (exact) mass is 205 g/mol. The number of halogens is 1. The highest BCUT2D eigenvalue weighted by atomic mass is 35.5. The largest absolute Gasteiger partial charge is 0.436 e. The highest BCUT2D eigenvalue weighted by molar-refractivity contribution is 7.97. The van der Waals surface area contributed by atoms with Crippen LogP contribution in [0.5, 0.6) is 0 Å². The summed E-state index contributed by atoms with van der Waals surface area (Å²) < 4.78 is 4.97. The lowest BCUT2D eigenvalue weighted by molar-refractivity contribution is 0.0983. The van der Waals surface area contributed by atoms with Gasteiger partial charge >= 0.3 is 0 Å². The first-order valence-corrected chi connectivity index (χ1v) is 4.64. The third-order valence-electron chi connectivity index (χ3n) is 1.40. The molecule has 1 aromatic heterocycles. The predicted octanol–water partition coefficient (Wildman–Crippen LogP) is 2.49. The van der Waals surface area contributed by atoms with Crippen LogP contribution in [-0.2, 0) is 0 Å². The van der Waals surface area contributed by atoms with E-state index in [-0.39, 0.29) is 11.0 Å². The van der Waals surface area contributed by atoms with E-state index in [4.69, 9.17) is 21.2 Å². The van der Waals surface area contributed by atoms with Crippen LogP contribution in [-0.4, -0.2) is 5.78 Å². The molecular formula is C7H8ClNO2S. The minimum absolute atomic E-state index is 0.0152. The summed E-state index contributed by atoms with van der Waals surface area (Å²) in [6, 6.07) is 1.49. The molecule has 0 aliphatic carbocycles. The van der Waals surface area contributed by atoms with E-state index in [1.165, 1.54) is 6.07 Å². The Labute approximate surface area is 79.4 Å². The number of Topliss-reactive ketones (excluding diaryl/α,β-unsaturated/α-hetero) is 1. The Morgan fingerprint density at radius 1 is 1.83 bits per heavy atom. The van der Waals surface area contributed by atoms with Crippen LogP contribution < -0.4 is 5.14 Å². The molecular weight excluding hydrogens is 198 g/mol. The van der Waals surface area contributed by atoms with Crippen LogP contribution in [0.1, 0.15) is 23.7 Å². The SMILES string of the molecule is CCC(=O)c1cc(Cl)oc1SN. The maximum absolute atomic E-state index is 11.2. The lowest BCUT2D eigenvalue weighted by Crippen LogP contribution is -1.96. The van der Waals surface area contributed by atoms with Crippen molar-refractivity contribution in [3.8, 4) is 0 Å². The van der Waals surface area contributed by atoms with Crippen LogP contribution in [0.25, 0.3) is 0 Å². The number of furan rings is 1. The van der Waals surface area contributed by atoms with Gasteiger partial charge in [0.2, 0.25) is 0 Å². The van der Waals surface area contributed by atoms with Crippen molar-refractivity contribution >= 4 is 29.3 Å². The third-order valence-corrected chi connectivity index (χ3v) is 2.10. The maximum atomic E-state index is 11.2. The van der Waals surface area contributed by atoms with E-state index in [1.54, 1.807) is 6.92 Å². The van der Waals surface area contributed by atoms with Crippen molar-refractivity contribution in [2.24, 2.45) is 5.14 Å². The number of hydrogen-bond acceptors (Lipinski definition) is 4. The number of hydrogen-bond donors (Lipinski definition) is 1. The van der Waals surface area contributed by atoms with Gasteiger partial charge in [-0.3, -0.25) is 9.93 Å². The molecule has 0 bridgehead atoms. The van der Waals surface area contributed by atoms with Gasteiger partial charge < -0.3 is 4.42 Å². The van der Waals surface area contributed by atoms with Gasteiger partial charge in [0.05, 0.1) is 5.56 Å². The standard InChI is InChI=1S/C7H8ClNO2S/c1-2-5(10)4-3-6(8)11-7(4)12-9/h3H,2,9H2,1H3. The molecule has 5 heteroatoms. The number of ketones is 1. The quantitative estimate of drug-likeness (QED) is 0.609. The van der Waals surface area contributed by atoms with E-state index in [2.05, 4.69) is 0 Å². The van der Waals surface area contributed by atoms with Crippen molar-refractivity contribution in [2.45, 2.75) is 18.4 Å². The molecule has 0 radical (unpaired) electrons. The second kappa shape index (κ2) is 3.98. The minimum atomic E-state index is -0.0152. The van der Waals surface area contributed by atoms with Crippen LogP contribution in [0, 0.1) is 0 Å². The average molecular weight is 206 g/mol. The molecule has 0 unspecified atom stereocenters. The zero-order valence-electron chi connectivity index (χ0n) is 6.46.